The van der Waals surface area contributed by atoms with Crippen molar-refractivity contribution in [1.29, 1.82) is 0 Å². The first-order valence-electron chi connectivity index (χ1n) is 5.90. The summed E-state index contributed by atoms with van der Waals surface area (Å²) in [4.78, 5) is 0. The van der Waals surface area contributed by atoms with E-state index in [4.69, 9.17) is 0 Å². The number of fused-ring (bicyclic) bond motifs is 1. The molecule has 0 aromatic carbocycles. The van der Waals surface area contributed by atoms with Gasteiger partial charge in [0.2, 0.25) is 0 Å². The minimum Gasteiger partial charge on any atom is -0.228 e. The maximum absolute atomic E-state index is 12.1. The second kappa shape index (κ2) is 2.97. The summed E-state index contributed by atoms with van der Waals surface area (Å²) >= 11 is 0. The molecule has 0 N–H and O–H groups in total. The van der Waals surface area contributed by atoms with Crippen molar-refractivity contribution in [1.82, 2.24) is 0 Å². The van der Waals surface area contributed by atoms with Crippen molar-refractivity contribution < 1.29 is 8.42 Å². The van der Waals surface area contributed by atoms with E-state index in [1.54, 1.807) is 0 Å². The fourth-order valence-electron chi connectivity index (χ4n) is 3.38. The Bertz CT molecular complexity index is 329. The van der Waals surface area contributed by atoms with Gasteiger partial charge < -0.3 is 0 Å². The lowest BCUT2D eigenvalue weighted by atomic mass is 10.00. The molecule has 2 nitrogen and oxygen atoms in total. The van der Waals surface area contributed by atoms with Gasteiger partial charge in [-0.25, -0.2) is 8.42 Å². The zero-order chi connectivity index (χ0) is 9.76. The smallest absolute Gasteiger partial charge is 0.156 e. The number of hydrogen-bond acceptors (Lipinski definition) is 2. The average molecular weight is 214 g/mol. The average Bonchev–Trinajstić information content (AvgIpc) is 2.74. The quantitative estimate of drug-likeness (QED) is 0.705. The molecule has 1 aliphatic heterocycles. The van der Waals surface area contributed by atoms with Crippen molar-refractivity contribution in [2.45, 2.75) is 55.4 Å². The summed E-state index contributed by atoms with van der Waals surface area (Å²) in [6.45, 7) is 0. The minimum atomic E-state index is -2.72. The van der Waals surface area contributed by atoms with Crippen molar-refractivity contribution in [3.05, 3.63) is 0 Å². The van der Waals surface area contributed by atoms with Crippen LogP contribution in [0.25, 0.3) is 0 Å². The predicted molar refractivity (Wildman–Crippen MR) is 55.8 cm³/mol. The second-order valence-electron chi connectivity index (χ2n) is 5.36. The van der Waals surface area contributed by atoms with Crippen LogP contribution in [0, 0.1) is 11.8 Å². The molecule has 0 aromatic rings. The molecule has 0 amide bonds. The molecule has 0 spiro atoms. The largest absolute Gasteiger partial charge is 0.228 e. The third-order valence-electron chi connectivity index (χ3n) is 4.33. The van der Waals surface area contributed by atoms with Crippen LogP contribution in [0.4, 0.5) is 0 Å². The molecule has 3 unspecified atom stereocenters. The first-order chi connectivity index (χ1) is 6.68. The van der Waals surface area contributed by atoms with Gasteiger partial charge in [-0.15, -0.1) is 0 Å². The molecule has 2 saturated carbocycles. The Morgan fingerprint density at radius 1 is 1.07 bits per heavy atom. The Morgan fingerprint density at radius 3 is 2.50 bits per heavy atom. The van der Waals surface area contributed by atoms with Crippen molar-refractivity contribution >= 4 is 9.84 Å². The molecule has 0 aromatic heterocycles. The third-order valence-corrected chi connectivity index (χ3v) is 7.11. The second-order valence-corrected chi connectivity index (χ2v) is 7.81. The SMILES string of the molecule is O=S1(=O)C(CC2CC2)CC2CCCC21. The van der Waals surface area contributed by atoms with Gasteiger partial charge in [-0.05, 0) is 37.5 Å². The van der Waals surface area contributed by atoms with Crippen LogP contribution < -0.4 is 0 Å². The van der Waals surface area contributed by atoms with E-state index in [9.17, 15) is 8.42 Å². The van der Waals surface area contributed by atoms with Crippen LogP contribution >= 0.6 is 0 Å². The van der Waals surface area contributed by atoms with Crippen LogP contribution in [0.3, 0.4) is 0 Å². The molecule has 80 valence electrons. The first-order valence-corrected chi connectivity index (χ1v) is 7.51. The Balaban J connectivity index is 1.80. The molecular weight excluding hydrogens is 196 g/mol. The van der Waals surface area contributed by atoms with E-state index >= 15 is 0 Å². The number of rotatable bonds is 2. The summed E-state index contributed by atoms with van der Waals surface area (Å²) in [5.41, 5.74) is 0. The van der Waals surface area contributed by atoms with Crippen molar-refractivity contribution in [3.63, 3.8) is 0 Å². The number of sulfone groups is 1. The summed E-state index contributed by atoms with van der Waals surface area (Å²) in [7, 11) is -2.72. The third kappa shape index (κ3) is 1.32. The van der Waals surface area contributed by atoms with Crippen LogP contribution in [-0.2, 0) is 9.84 Å². The number of hydrogen-bond donors (Lipinski definition) is 0. The van der Waals surface area contributed by atoms with Gasteiger partial charge in [0.05, 0.1) is 10.5 Å². The van der Waals surface area contributed by atoms with Crippen LogP contribution in [0.5, 0.6) is 0 Å². The monoisotopic (exact) mass is 214 g/mol. The Morgan fingerprint density at radius 2 is 1.86 bits per heavy atom. The van der Waals surface area contributed by atoms with Crippen molar-refractivity contribution in [2.24, 2.45) is 11.8 Å². The molecular formula is C11H18O2S. The molecule has 3 rings (SSSR count). The molecule has 14 heavy (non-hydrogen) atoms. The lowest BCUT2D eigenvalue weighted by molar-refractivity contribution is 0.510. The van der Waals surface area contributed by atoms with Gasteiger partial charge in [-0.2, -0.15) is 0 Å². The molecule has 3 aliphatic rings. The zero-order valence-electron chi connectivity index (χ0n) is 8.48. The Kier molecular flexibility index (Phi) is 1.95. The van der Waals surface area contributed by atoms with Crippen LogP contribution in [0.1, 0.15) is 44.9 Å². The van der Waals surface area contributed by atoms with Crippen LogP contribution in [0.2, 0.25) is 0 Å². The van der Waals surface area contributed by atoms with Gasteiger partial charge in [0.1, 0.15) is 0 Å². The molecule has 0 radical (unpaired) electrons. The molecule has 1 heterocycles. The fraction of sp³-hybridized carbons (Fsp3) is 1.00. The van der Waals surface area contributed by atoms with Crippen LogP contribution in [-0.4, -0.2) is 18.9 Å². The molecule has 0 bridgehead atoms. The standard InChI is InChI=1S/C11H18O2S/c12-14(13)10(6-8-4-5-8)7-9-2-1-3-11(9)14/h8-11H,1-7H2. The van der Waals surface area contributed by atoms with Gasteiger partial charge in [0.15, 0.2) is 9.84 Å². The maximum Gasteiger partial charge on any atom is 0.156 e. The highest BCUT2D eigenvalue weighted by molar-refractivity contribution is 7.92. The topological polar surface area (TPSA) is 34.1 Å². The highest BCUT2D eigenvalue weighted by Crippen LogP contribution is 2.47. The lowest BCUT2D eigenvalue weighted by Gasteiger charge is -2.11. The highest BCUT2D eigenvalue weighted by atomic mass is 32.2. The summed E-state index contributed by atoms with van der Waals surface area (Å²) in [5.74, 6) is 1.29. The van der Waals surface area contributed by atoms with E-state index in [0.717, 1.165) is 31.6 Å². The van der Waals surface area contributed by atoms with Gasteiger partial charge in [0.25, 0.3) is 0 Å². The normalized spacial score (nSPS) is 45.3. The van der Waals surface area contributed by atoms with E-state index in [-0.39, 0.29) is 10.5 Å². The van der Waals surface area contributed by atoms with E-state index in [2.05, 4.69) is 0 Å². The van der Waals surface area contributed by atoms with Gasteiger partial charge in [-0.1, -0.05) is 19.3 Å². The van der Waals surface area contributed by atoms with Crippen molar-refractivity contribution in [3.8, 4) is 0 Å². The highest BCUT2D eigenvalue weighted by Gasteiger charge is 2.50. The van der Waals surface area contributed by atoms with Gasteiger partial charge >= 0.3 is 0 Å². The molecule has 3 atom stereocenters. The Labute approximate surface area is 86.0 Å². The summed E-state index contributed by atoms with van der Waals surface area (Å²) in [5, 5.41) is 0.108. The molecule has 1 saturated heterocycles. The van der Waals surface area contributed by atoms with Gasteiger partial charge in [0, 0.05) is 0 Å². The molecule has 3 heteroatoms. The lowest BCUT2D eigenvalue weighted by Crippen LogP contribution is -2.23. The fourth-order valence-corrected chi connectivity index (χ4v) is 6.21. The van der Waals surface area contributed by atoms with E-state index in [1.807, 2.05) is 0 Å². The minimum absolute atomic E-state index is 0.0466. The van der Waals surface area contributed by atoms with Gasteiger partial charge in [-0.3, -0.25) is 0 Å². The molecule has 3 fully saturated rings. The summed E-state index contributed by atoms with van der Waals surface area (Å²) < 4.78 is 24.3. The van der Waals surface area contributed by atoms with E-state index in [1.165, 1.54) is 19.3 Å². The Hall–Kier alpha value is -0.0500. The maximum atomic E-state index is 12.1. The first kappa shape index (κ1) is 9.20. The van der Waals surface area contributed by atoms with E-state index < -0.39 is 9.84 Å². The van der Waals surface area contributed by atoms with Crippen LogP contribution in [0.15, 0.2) is 0 Å². The zero-order valence-corrected chi connectivity index (χ0v) is 9.30. The van der Waals surface area contributed by atoms with E-state index in [0.29, 0.717) is 5.92 Å². The molecule has 2 aliphatic carbocycles. The predicted octanol–water partition coefficient (Wildman–Crippen LogP) is 2.14. The van der Waals surface area contributed by atoms with Crippen molar-refractivity contribution in [2.75, 3.05) is 0 Å². The summed E-state index contributed by atoms with van der Waals surface area (Å²) in [6, 6.07) is 0. The summed E-state index contributed by atoms with van der Waals surface area (Å²) in [6.07, 6.45) is 7.80.